The Morgan fingerprint density at radius 3 is 1.68 bits per heavy atom. The first-order valence-electron chi connectivity index (χ1n) is 8.47. The van der Waals surface area contributed by atoms with E-state index in [-0.39, 0.29) is 6.42 Å². The van der Waals surface area contributed by atoms with Crippen LogP contribution in [0.2, 0.25) is 0 Å². The van der Waals surface area contributed by atoms with Gasteiger partial charge in [-0.05, 0) is 62.2 Å². The van der Waals surface area contributed by atoms with E-state index in [2.05, 4.69) is 6.92 Å². The van der Waals surface area contributed by atoms with Crippen LogP contribution < -0.4 is 0 Å². The molecular weight excluding hydrogens is 242 g/mol. The fourth-order valence-corrected chi connectivity index (χ4v) is 4.50. The van der Waals surface area contributed by atoms with Gasteiger partial charge in [0.1, 0.15) is 0 Å². The zero-order valence-corrected chi connectivity index (χ0v) is 12.4. The summed E-state index contributed by atoms with van der Waals surface area (Å²) in [4.78, 5) is 0. The van der Waals surface area contributed by atoms with Gasteiger partial charge in [-0.1, -0.05) is 32.6 Å². The van der Waals surface area contributed by atoms with Crippen molar-refractivity contribution in [2.75, 3.05) is 0 Å². The maximum atomic E-state index is 12.4. The first kappa shape index (κ1) is 15.3. The third-order valence-corrected chi connectivity index (χ3v) is 5.66. The number of hydrogen-bond acceptors (Lipinski definition) is 0. The van der Waals surface area contributed by atoms with E-state index in [1.807, 2.05) is 0 Å². The molecule has 0 amide bonds. The lowest BCUT2D eigenvalue weighted by atomic mass is 9.68. The first-order chi connectivity index (χ1) is 9.19. The molecule has 112 valence electrons. The molecule has 2 aliphatic rings. The van der Waals surface area contributed by atoms with Gasteiger partial charge in [0.05, 0.1) is 0 Å². The van der Waals surface area contributed by atoms with Crippen LogP contribution in [-0.4, -0.2) is 6.43 Å². The van der Waals surface area contributed by atoms with Crippen molar-refractivity contribution >= 4 is 0 Å². The molecule has 0 heterocycles. The van der Waals surface area contributed by atoms with Crippen LogP contribution in [-0.2, 0) is 0 Å². The Kier molecular flexibility index (Phi) is 6.09. The second-order valence-electron chi connectivity index (χ2n) is 6.98. The lowest BCUT2D eigenvalue weighted by molar-refractivity contribution is 0.0833. The molecule has 0 unspecified atom stereocenters. The molecule has 0 aromatic heterocycles. The van der Waals surface area contributed by atoms with E-state index < -0.39 is 6.43 Å². The normalized spacial score (nSPS) is 36.6. The Hall–Kier alpha value is -0.140. The number of alkyl halides is 2. The van der Waals surface area contributed by atoms with Crippen molar-refractivity contribution in [1.29, 1.82) is 0 Å². The lowest BCUT2D eigenvalue weighted by Gasteiger charge is -2.37. The molecule has 0 spiro atoms. The monoisotopic (exact) mass is 272 g/mol. The highest BCUT2D eigenvalue weighted by Gasteiger charge is 2.31. The summed E-state index contributed by atoms with van der Waals surface area (Å²) in [5.41, 5.74) is 0. The minimum Gasteiger partial charge on any atom is -0.211 e. The Labute approximate surface area is 117 Å². The van der Waals surface area contributed by atoms with E-state index in [1.165, 1.54) is 51.4 Å². The molecule has 2 fully saturated rings. The first-order valence-corrected chi connectivity index (χ1v) is 8.47. The SMILES string of the molecule is CCC[C@H]1CC[C@H]([C@H]2CC[C@H](CC(F)F)CC2)CC1. The largest absolute Gasteiger partial charge is 0.238 e. The molecule has 0 aromatic carbocycles. The fraction of sp³-hybridized carbons (Fsp3) is 1.00. The zero-order valence-electron chi connectivity index (χ0n) is 12.4. The molecule has 0 radical (unpaired) electrons. The molecule has 2 saturated carbocycles. The van der Waals surface area contributed by atoms with Crippen molar-refractivity contribution in [3.8, 4) is 0 Å². The van der Waals surface area contributed by atoms with Crippen LogP contribution in [0.5, 0.6) is 0 Å². The minimum atomic E-state index is -2.09. The van der Waals surface area contributed by atoms with Crippen molar-refractivity contribution in [1.82, 2.24) is 0 Å². The van der Waals surface area contributed by atoms with Crippen molar-refractivity contribution in [3.05, 3.63) is 0 Å². The molecular formula is C17H30F2. The maximum Gasteiger partial charge on any atom is 0.238 e. The maximum absolute atomic E-state index is 12.4. The van der Waals surface area contributed by atoms with Gasteiger partial charge >= 0.3 is 0 Å². The summed E-state index contributed by atoms with van der Waals surface area (Å²) in [6, 6.07) is 0. The Morgan fingerprint density at radius 2 is 1.26 bits per heavy atom. The molecule has 0 N–H and O–H groups in total. The molecule has 0 bridgehead atoms. The fourth-order valence-electron chi connectivity index (χ4n) is 4.50. The number of halogens is 2. The average Bonchev–Trinajstić information content (AvgIpc) is 2.40. The topological polar surface area (TPSA) is 0 Å². The molecule has 0 atom stereocenters. The van der Waals surface area contributed by atoms with Gasteiger partial charge in [0.2, 0.25) is 6.43 Å². The third kappa shape index (κ3) is 4.72. The summed E-state index contributed by atoms with van der Waals surface area (Å²) in [6.07, 6.45) is 11.0. The number of rotatable bonds is 5. The predicted molar refractivity (Wildman–Crippen MR) is 76.4 cm³/mol. The lowest BCUT2D eigenvalue weighted by Crippen LogP contribution is -2.26. The summed E-state index contributed by atoms with van der Waals surface area (Å²) in [7, 11) is 0. The minimum absolute atomic E-state index is 0.149. The van der Waals surface area contributed by atoms with Gasteiger partial charge in [0.15, 0.2) is 0 Å². The molecule has 0 aromatic rings. The van der Waals surface area contributed by atoms with Crippen molar-refractivity contribution in [3.63, 3.8) is 0 Å². The van der Waals surface area contributed by atoms with Gasteiger partial charge in [-0.25, -0.2) is 8.78 Å². The van der Waals surface area contributed by atoms with E-state index in [0.29, 0.717) is 5.92 Å². The molecule has 0 nitrogen and oxygen atoms in total. The van der Waals surface area contributed by atoms with E-state index in [0.717, 1.165) is 30.6 Å². The summed E-state index contributed by atoms with van der Waals surface area (Å²) < 4.78 is 24.8. The highest BCUT2D eigenvalue weighted by atomic mass is 19.3. The standard InChI is InChI=1S/C17H30F2/c1-2-3-13-4-8-15(9-5-13)16-10-6-14(7-11-16)12-17(18)19/h13-17H,2-12H2,1H3/t13-,14-,15-,16-. The second kappa shape index (κ2) is 7.59. The predicted octanol–water partition coefficient (Wildman–Crippen LogP) is 6.05. The van der Waals surface area contributed by atoms with E-state index in [9.17, 15) is 8.78 Å². The van der Waals surface area contributed by atoms with Crippen LogP contribution in [0.3, 0.4) is 0 Å². The van der Waals surface area contributed by atoms with Gasteiger partial charge in [-0.15, -0.1) is 0 Å². The van der Waals surface area contributed by atoms with Gasteiger partial charge in [0.25, 0.3) is 0 Å². The third-order valence-electron chi connectivity index (χ3n) is 5.66. The van der Waals surface area contributed by atoms with Crippen molar-refractivity contribution < 1.29 is 8.78 Å². The quantitative estimate of drug-likeness (QED) is 0.571. The van der Waals surface area contributed by atoms with Crippen LogP contribution in [0.15, 0.2) is 0 Å². The van der Waals surface area contributed by atoms with E-state index >= 15 is 0 Å². The molecule has 19 heavy (non-hydrogen) atoms. The number of hydrogen-bond donors (Lipinski definition) is 0. The van der Waals surface area contributed by atoms with Gasteiger partial charge in [-0.2, -0.15) is 0 Å². The molecule has 0 aliphatic heterocycles. The van der Waals surface area contributed by atoms with Crippen LogP contribution in [0.25, 0.3) is 0 Å². The highest BCUT2D eigenvalue weighted by molar-refractivity contribution is 4.82. The van der Waals surface area contributed by atoms with Crippen LogP contribution >= 0.6 is 0 Å². The summed E-state index contributed by atoms with van der Waals surface area (Å²) in [5.74, 6) is 3.07. The smallest absolute Gasteiger partial charge is 0.211 e. The molecule has 2 heteroatoms. The Balaban J connectivity index is 1.68. The summed E-state index contributed by atoms with van der Waals surface area (Å²) in [6.45, 7) is 2.29. The highest BCUT2D eigenvalue weighted by Crippen LogP contribution is 2.43. The Bertz CT molecular complexity index is 236. The molecule has 2 rings (SSSR count). The second-order valence-corrected chi connectivity index (χ2v) is 6.98. The molecule has 2 aliphatic carbocycles. The zero-order chi connectivity index (χ0) is 13.7. The van der Waals surface area contributed by atoms with Crippen molar-refractivity contribution in [2.24, 2.45) is 23.7 Å². The average molecular weight is 272 g/mol. The van der Waals surface area contributed by atoms with Crippen LogP contribution in [0.1, 0.15) is 77.6 Å². The van der Waals surface area contributed by atoms with Crippen LogP contribution in [0, 0.1) is 23.7 Å². The van der Waals surface area contributed by atoms with Crippen LogP contribution in [0.4, 0.5) is 8.78 Å². The van der Waals surface area contributed by atoms with Crippen molar-refractivity contribution in [2.45, 2.75) is 84.0 Å². The van der Waals surface area contributed by atoms with Gasteiger partial charge < -0.3 is 0 Å². The van der Waals surface area contributed by atoms with Gasteiger partial charge in [0, 0.05) is 6.42 Å². The summed E-state index contributed by atoms with van der Waals surface area (Å²) in [5, 5.41) is 0. The summed E-state index contributed by atoms with van der Waals surface area (Å²) >= 11 is 0. The van der Waals surface area contributed by atoms with E-state index in [1.54, 1.807) is 0 Å². The van der Waals surface area contributed by atoms with E-state index in [4.69, 9.17) is 0 Å². The molecule has 0 saturated heterocycles. The van der Waals surface area contributed by atoms with Gasteiger partial charge in [-0.3, -0.25) is 0 Å². The Morgan fingerprint density at radius 1 is 0.789 bits per heavy atom.